The number of thiazole rings is 1. The van der Waals surface area contributed by atoms with Crippen LogP contribution in [0.25, 0.3) is 10.2 Å². The van der Waals surface area contributed by atoms with Crippen molar-refractivity contribution in [1.82, 2.24) is 9.88 Å². The number of hydrogen-bond acceptors (Lipinski definition) is 4. The number of fused-ring (bicyclic) bond motifs is 1. The summed E-state index contributed by atoms with van der Waals surface area (Å²) in [6.45, 7) is 11.7. The van der Waals surface area contributed by atoms with Crippen molar-refractivity contribution in [2.75, 3.05) is 31.1 Å². The number of hydrogen-bond donors (Lipinski definition) is 0. The highest BCUT2D eigenvalue weighted by Crippen LogP contribution is 2.33. The Hall–Kier alpha value is -1.66. The van der Waals surface area contributed by atoms with Crippen LogP contribution in [0.1, 0.15) is 35.3 Å². The number of anilines is 1. The van der Waals surface area contributed by atoms with Crippen molar-refractivity contribution in [2.24, 2.45) is 0 Å². The van der Waals surface area contributed by atoms with E-state index in [1.54, 1.807) is 28.4 Å². The highest BCUT2D eigenvalue weighted by atomic mass is 35.5. The van der Waals surface area contributed by atoms with Crippen LogP contribution in [0.4, 0.5) is 5.13 Å². The number of carbonyl (C=O) groups is 1. The van der Waals surface area contributed by atoms with E-state index in [4.69, 9.17) is 16.6 Å². The minimum Gasteiger partial charge on any atom is -0.302 e. The molecule has 3 rings (SSSR count). The van der Waals surface area contributed by atoms with Gasteiger partial charge in [-0.2, -0.15) is 0 Å². The van der Waals surface area contributed by atoms with Crippen LogP contribution >= 0.6 is 35.3 Å². The number of nitrogens with zero attached hydrogens (tertiary/aromatic N) is 3. The predicted octanol–water partition coefficient (Wildman–Crippen LogP) is 5.98. The molecule has 0 saturated heterocycles. The van der Waals surface area contributed by atoms with Crippen LogP contribution < -0.4 is 4.90 Å². The molecule has 3 aromatic rings. The molecule has 0 spiro atoms. The molecular weight excluding hydrogens is 425 g/mol. The van der Waals surface area contributed by atoms with Gasteiger partial charge in [0.2, 0.25) is 0 Å². The van der Waals surface area contributed by atoms with Gasteiger partial charge in [0.15, 0.2) is 5.13 Å². The Kier molecular flexibility index (Phi) is 8.46. The molecule has 156 valence electrons. The maximum absolute atomic E-state index is 13.4. The van der Waals surface area contributed by atoms with Gasteiger partial charge in [0.25, 0.3) is 5.91 Å². The van der Waals surface area contributed by atoms with Crippen LogP contribution in [0.3, 0.4) is 0 Å². The summed E-state index contributed by atoms with van der Waals surface area (Å²) in [7, 11) is 0. The normalized spacial score (nSPS) is 11.0. The predicted molar refractivity (Wildman–Crippen MR) is 127 cm³/mol. The molecule has 7 heteroatoms. The fourth-order valence-electron chi connectivity index (χ4n) is 3.32. The van der Waals surface area contributed by atoms with Crippen molar-refractivity contribution in [3.8, 4) is 0 Å². The smallest absolute Gasteiger partial charge is 0.261 e. The number of halogens is 2. The van der Waals surface area contributed by atoms with Gasteiger partial charge in [-0.1, -0.05) is 55.0 Å². The van der Waals surface area contributed by atoms with Crippen LogP contribution in [0.15, 0.2) is 36.4 Å². The number of aromatic nitrogens is 1. The fourth-order valence-corrected chi connectivity index (χ4v) is 4.70. The summed E-state index contributed by atoms with van der Waals surface area (Å²) in [4.78, 5) is 22.3. The second-order valence-corrected chi connectivity index (χ2v) is 8.30. The molecule has 0 N–H and O–H groups in total. The minimum absolute atomic E-state index is 0. The Labute approximate surface area is 187 Å². The first-order valence-corrected chi connectivity index (χ1v) is 10.8. The molecule has 0 fully saturated rings. The van der Waals surface area contributed by atoms with E-state index in [0.717, 1.165) is 40.5 Å². The summed E-state index contributed by atoms with van der Waals surface area (Å²) in [5, 5.41) is 1.19. The second kappa shape index (κ2) is 10.4. The van der Waals surface area contributed by atoms with Crippen LogP contribution in [0.2, 0.25) is 5.02 Å². The Morgan fingerprint density at radius 1 is 1.10 bits per heavy atom. The van der Waals surface area contributed by atoms with Crippen molar-refractivity contribution in [1.29, 1.82) is 0 Å². The molecule has 0 saturated carbocycles. The van der Waals surface area contributed by atoms with Crippen LogP contribution in [0, 0.1) is 13.8 Å². The van der Waals surface area contributed by atoms with Gasteiger partial charge in [-0.15, -0.1) is 12.4 Å². The van der Waals surface area contributed by atoms with Gasteiger partial charge in [0.05, 0.1) is 20.8 Å². The molecule has 0 aliphatic rings. The van der Waals surface area contributed by atoms with Gasteiger partial charge < -0.3 is 4.90 Å². The lowest BCUT2D eigenvalue weighted by molar-refractivity contribution is 0.0984. The molecule has 0 aliphatic heterocycles. The molecule has 0 atom stereocenters. The molecule has 1 aromatic heterocycles. The molecule has 0 unspecified atom stereocenters. The minimum atomic E-state index is -0.105. The standard InChI is InChI=1S/C22H26ClN3OS.ClH/c1-5-25(6-2)11-12-26(21(27)17-9-7-8-10-18(17)23)22-24-20-16(4)13-15(3)14-19(20)28-22;/h7-10,13-14H,5-6,11-12H2,1-4H3;1H. The van der Waals surface area contributed by atoms with E-state index in [1.807, 2.05) is 12.1 Å². The number of aryl methyl sites for hydroxylation is 2. The number of likely N-dealkylation sites (N-methyl/N-ethyl adjacent to an activating group) is 1. The first-order chi connectivity index (χ1) is 13.4. The molecule has 1 heterocycles. The Balaban J connectivity index is 0.00000300. The van der Waals surface area contributed by atoms with Crippen LogP contribution in [-0.4, -0.2) is 42.0 Å². The third-order valence-electron chi connectivity index (χ3n) is 4.93. The van der Waals surface area contributed by atoms with E-state index in [2.05, 4.69) is 44.7 Å². The van der Waals surface area contributed by atoms with Crippen molar-refractivity contribution in [2.45, 2.75) is 27.7 Å². The quantitative estimate of drug-likeness (QED) is 0.443. The Morgan fingerprint density at radius 2 is 1.79 bits per heavy atom. The van der Waals surface area contributed by atoms with Gasteiger partial charge in [-0.3, -0.25) is 9.69 Å². The van der Waals surface area contributed by atoms with Crippen molar-refractivity contribution >= 4 is 56.6 Å². The van der Waals surface area contributed by atoms with Gasteiger partial charge in [0.1, 0.15) is 0 Å². The van der Waals surface area contributed by atoms with E-state index < -0.39 is 0 Å². The van der Waals surface area contributed by atoms with Gasteiger partial charge in [0, 0.05) is 13.1 Å². The summed E-state index contributed by atoms with van der Waals surface area (Å²) in [5.41, 5.74) is 3.81. The average Bonchev–Trinajstić information content (AvgIpc) is 3.09. The fraction of sp³-hybridized carbons (Fsp3) is 0.364. The van der Waals surface area contributed by atoms with Gasteiger partial charge >= 0.3 is 0 Å². The summed E-state index contributed by atoms with van der Waals surface area (Å²) in [6, 6.07) is 11.5. The van der Waals surface area contributed by atoms with E-state index in [0.29, 0.717) is 17.1 Å². The summed E-state index contributed by atoms with van der Waals surface area (Å²) < 4.78 is 1.10. The molecule has 0 radical (unpaired) electrons. The first-order valence-electron chi connectivity index (χ1n) is 9.61. The topological polar surface area (TPSA) is 36.4 Å². The number of benzene rings is 2. The van der Waals surface area contributed by atoms with E-state index in [9.17, 15) is 4.79 Å². The molecule has 4 nitrogen and oxygen atoms in total. The molecule has 29 heavy (non-hydrogen) atoms. The summed E-state index contributed by atoms with van der Waals surface area (Å²) >= 11 is 7.88. The zero-order chi connectivity index (χ0) is 20.3. The third kappa shape index (κ3) is 5.28. The van der Waals surface area contributed by atoms with E-state index in [1.165, 1.54) is 5.56 Å². The van der Waals surface area contributed by atoms with Crippen LogP contribution in [-0.2, 0) is 0 Å². The molecule has 2 aromatic carbocycles. The van der Waals surface area contributed by atoms with Gasteiger partial charge in [-0.05, 0) is 56.3 Å². The SMILES string of the molecule is CCN(CC)CCN(C(=O)c1ccccc1Cl)c1nc2c(C)cc(C)cc2s1.Cl. The number of carbonyl (C=O) groups excluding carboxylic acids is 1. The summed E-state index contributed by atoms with van der Waals surface area (Å²) in [5.74, 6) is -0.105. The van der Waals surface area contributed by atoms with E-state index >= 15 is 0 Å². The maximum atomic E-state index is 13.4. The lowest BCUT2D eigenvalue weighted by atomic mass is 10.1. The van der Waals surface area contributed by atoms with Crippen molar-refractivity contribution in [3.05, 3.63) is 58.1 Å². The largest absolute Gasteiger partial charge is 0.302 e. The average molecular weight is 452 g/mol. The lowest BCUT2D eigenvalue weighted by Crippen LogP contribution is -2.39. The lowest BCUT2D eigenvalue weighted by Gasteiger charge is -2.25. The molecule has 0 bridgehead atoms. The monoisotopic (exact) mass is 451 g/mol. The Bertz CT molecular complexity index is 985. The first kappa shape index (κ1) is 23.6. The van der Waals surface area contributed by atoms with Gasteiger partial charge in [-0.25, -0.2) is 4.98 Å². The molecule has 1 amide bonds. The van der Waals surface area contributed by atoms with E-state index in [-0.39, 0.29) is 18.3 Å². The zero-order valence-corrected chi connectivity index (χ0v) is 19.6. The highest BCUT2D eigenvalue weighted by molar-refractivity contribution is 7.22. The molecular formula is C22H27Cl2N3OS. The maximum Gasteiger partial charge on any atom is 0.261 e. The summed E-state index contributed by atoms with van der Waals surface area (Å²) in [6.07, 6.45) is 0. The number of amides is 1. The number of rotatable bonds is 7. The van der Waals surface area contributed by atoms with Crippen LogP contribution in [0.5, 0.6) is 0 Å². The Morgan fingerprint density at radius 3 is 2.45 bits per heavy atom. The molecule has 0 aliphatic carbocycles. The zero-order valence-electron chi connectivity index (χ0n) is 17.2. The van der Waals surface area contributed by atoms with Crippen molar-refractivity contribution < 1.29 is 4.79 Å². The van der Waals surface area contributed by atoms with Crippen molar-refractivity contribution in [3.63, 3.8) is 0 Å². The third-order valence-corrected chi connectivity index (χ3v) is 6.29. The highest BCUT2D eigenvalue weighted by Gasteiger charge is 2.23. The second-order valence-electron chi connectivity index (χ2n) is 6.89.